The molecule has 0 unspecified atom stereocenters. The molecule has 0 bridgehead atoms. The van der Waals surface area contributed by atoms with Gasteiger partial charge in [0, 0.05) is 36.8 Å². The molecule has 0 aliphatic carbocycles. The normalized spacial score (nSPS) is 10.7. The second-order valence-electron chi connectivity index (χ2n) is 6.24. The number of nitrogens with zero attached hydrogens (tertiary/aromatic N) is 2. The first kappa shape index (κ1) is 18.4. The standard InChI is InChI=1S/C19H23N3O3/c1-14(2)21(13-15-7-10-17(11-8-15)22(24)25)19(23)12-9-16-5-3-4-6-18(16)20/h3-8,10-11,14H,9,12-13,20H2,1-2H3. The van der Waals surface area contributed by atoms with E-state index in [4.69, 9.17) is 5.73 Å². The van der Waals surface area contributed by atoms with E-state index in [1.165, 1.54) is 12.1 Å². The van der Waals surface area contributed by atoms with Crippen LogP contribution in [0, 0.1) is 10.1 Å². The summed E-state index contributed by atoms with van der Waals surface area (Å²) in [5, 5.41) is 10.7. The second kappa shape index (κ2) is 8.28. The summed E-state index contributed by atoms with van der Waals surface area (Å²) in [6.07, 6.45) is 0.967. The van der Waals surface area contributed by atoms with E-state index in [0.717, 1.165) is 11.1 Å². The maximum Gasteiger partial charge on any atom is 0.269 e. The molecule has 0 radical (unpaired) electrons. The van der Waals surface area contributed by atoms with Gasteiger partial charge in [0.1, 0.15) is 0 Å². The number of carbonyl (C=O) groups is 1. The van der Waals surface area contributed by atoms with Gasteiger partial charge in [0.05, 0.1) is 4.92 Å². The van der Waals surface area contributed by atoms with E-state index >= 15 is 0 Å². The SMILES string of the molecule is CC(C)N(Cc1ccc([N+](=O)[O-])cc1)C(=O)CCc1ccccc1N. The molecule has 0 heterocycles. The lowest BCUT2D eigenvalue weighted by atomic mass is 10.1. The molecule has 0 spiro atoms. The van der Waals surface area contributed by atoms with Crippen LogP contribution in [0.25, 0.3) is 0 Å². The number of nitro benzene ring substituents is 1. The summed E-state index contributed by atoms with van der Waals surface area (Å²) in [6.45, 7) is 4.35. The van der Waals surface area contributed by atoms with Crippen LogP contribution >= 0.6 is 0 Å². The number of benzene rings is 2. The molecule has 6 nitrogen and oxygen atoms in total. The first-order valence-electron chi connectivity index (χ1n) is 8.24. The number of non-ortho nitro benzene ring substituents is 1. The number of para-hydroxylation sites is 1. The summed E-state index contributed by atoms with van der Waals surface area (Å²) in [7, 11) is 0. The van der Waals surface area contributed by atoms with Gasteiger partial charge in [-0.3, -0.25) is 14.9 Å². The topological polar surface area (TPSA) is 89.5 Å². The van der Waals surface area contributed by atoms with Crippen LogP contribution in [0.5, 0.6) is 0 Å². The van der Waals surface area contributed by atoms with Gasteiger partial charge in [-0.2, -0.15) is 0 Å². The average Bonchev–Trinajstić information content (AvgIpc) is 2.58. The maximum absolute atomic E-state index is 12.6. The monoisotopic (exact) mass is 341 g/mol. The van der Waals surface area contributed by atoms with Crippen molar-refractivity contribution in [2.24, 2.45) is 0 Å². The smallest absolute Gasteiger partial charge is 0.269 e. The Balaban J connectivity index is 2.03. The summed E-state index contributed by atoms with van der Waals surface area (Å²) in [4.78, 5) is 24.7. The number of amides is 1. The molecule has 2 aromatic carbocycles. The minimum Gasteiger partial charge on any atom is -0.399 e. The van der Waals surface area contributed by atoms with Crippen LogP contribution in [0.4, 0.5) is 11.4 Å². The lowest BCUT2D eigenvalue weighted by Gasteiger charge is -2.27. The molecule has 2 aromatic rings. The van der Waals surface area contributed by atoms with Gasteiger partial charge >= 0.3 is 0 Å². The summed E-state index contributed by atoms with van der Waals surface area (Å²) >= 11 is 0. The highest BCUT2D eigenvalue weighted by Crippen LogP contribution is 2.17. The molecule has 0 saturated heterocycles. The van der Waals surface area contributed by atoms with E-state index in [1.54, 1.807) is 17.0 Å². The number of hydrogen-bond donors (Lipinski definition) is 1. The van der Waals surface area contributed by atoms with Crippen LogP contribution in [0.3, 0.4) is 0 Å². The number of nitrogen functional groups attached to an aromatic ring is 1. The van der Waals surface area contributed by atoms with E-state index in [-0.39, 0.29) is 17.6 Å². The quantitative estimate of drug-likeness (QED) is 0.474. The number of aryl methyl sites for hydroxylation is 1. The van der Waals surface area contributed by atoms with E-state index < -0.39 is 4.92 Å². The highest BCUT2D eigenvalue weighted by molar-refractivity contribution is 5.77. The molecular formula is C19H23N3O3. The molecule has 0 atom stereocenters. The van der Waals surface area contributed by atoms with Crippen molar-refractivity contribution in [3.05, 3.63) is 69.8 Å². The summed E-state index contributed by atoms with van der Waals surface area (Å²) in [5.41, 5.74) is 8.50. The lowest BCUT2D eigenvalue weighted by molar-refractivity contribution is -0.384. The Hall–Kier alpha value is -2.89. The molecule has 0 aliphatic rings. The van der Waals surface area contributed by atoms with E-state index in [1.807, 2.05) is 38.1 Å². The molecule has 132 valence electrons. The number of anilines is 1. The molecule has 6 heteroatoms. The number of rotatable bonds is 7. The third kappa shape index (κ3) is 5.04. The second-order valence-corrected chi connectivity index (χ2v) is 6.24. The van der Waals surface area contributed by atoms with Gasteiger partial charge in [-0.05, 0) is 37.5 Å². The zero-order chi connectivity index (χ0) is 18.4. The number of nitro groups is 1. The lowest BCUT2D eigenvalue weighted by Crippen LogP contribution is -2.36. The Kier molecular flexibility index (Phi) is 6.11. The van der Waals surface area contributed by atoms with Crippen LogP contribution in [-0.2, 0) is 17.8 Å². The summed E-state index contributed by atoms with van der Waals surface area (Å²) in [6, 6.07) is 13.9. The third-order valence-corrected chi connectivity index (χ3v) is 4.11. The zero-order valence-electron chi connectivity index (χ0n) is 14.5. The van der Waals surface area contributed by atoms with Crippen molar-refractivity contribution in [3.8, 4) is 0 Å². The van der Waals surface area contributed by atoms with Crippen molar-refractivity contribution in [3.63, 3.8) is 0 Å². The first-order chi connectivity index (χ1) is 11.9. The Morgan fingerprint density at radius 1 is 1.16 bits per heavy atom. The number of carbonyl (C=O) groups excluding carboxylic acids is 1. The number of nitrogens with two attached hydrogens (primary N) is 1. The molecule has 1 amide bonds. The van der Waals surface area contributed by atoms with Crippen molar-refractivity contribution >= 4 is 17.3 Å². The summed E-state index contributed by atoms with van der Waals surface area (Å²) in [5.74, 6) is 0.0385. The minimum absolute atomic E-state index is 0.0378. The van der Waals surface area contributed by atoms with Crippen molar-refractivity contribution in [1.29, 1.82) is 0 Å². The number of hydrogen-bond acceptors (Lipinski definition) is 4. The fourth-order valence-electron chi connectivity index (χ4n) is 2.63. The van der Waals surface area contributed by atoms with Crippen LogP contribution < -0.4 is 5.73 Å². The largest absolute Gasteiger partial charge is 0.399 e. The highest BCUT2D eigenvalue weighted by atomic mass is 16.6. The highest BCUT2D eigenvalue weighted by Gasteiger charge is 2.18. The molecule has 2 N–H and O–H groups in total. The van der Waals surface area contributed by atoms with E-state index in [9.17, 15) is 14.9 Å². The maximum atomic E-state index is 12.6. The van der Waals surface area contributed by atoms with Crippen molar-refractivity contribution in [2.75, 3.05) is 5.73 Å². The van der Waals surface area contributed by atoms with Gasteiger partial charge in [0.2, 0.25) is 5.91 Å². The Morgan fingerprint density at radius 3 is 2.36 bits per heavy atom. The van der Waals surface area contributed by atoms with Crippen LogP contribution in [-0.4, -0.2) is 21.8 Å². The summed E-state index contributed by atoms with van der Waals surface area (Å²) < 4.78 is 0. The van der Waals surface area contributed by atoms with Gasteiger partial charge in [0.25, 0.3) is 5.69 Å². The fourth-order valence-corrected chi connectivity index (χ4v) is 2.63. The van der Waals surface area contributed by atoms with Crippen molar-refractivity contribution < 1.29 is 9.72 Å². The van der Waals surface area contributed by atoms with Crippen LogP contribution in [0.2, 0.25) is 0 Å². The Labute approximate surface area is 147 Å². The Bertz CT molecular complexity index is 742. The molecule has 0 saturated carbocycles. The minimum atomic E-state index is -0.431. The van der Waals surface area contributed by atoms with E-state index in [2.05, 4.69) is 0 Å². The van der Waals surface area contributed by atoms with Gasteiger partial charge in [-0.25, -0.2) is 0 Å². The first-order valence-corrected chi connectivity index (χ1v) is 8.24. The third-order valence-electron chi connectivity index (χ3n) is 4.11. The molecular weight excluding hydrogens is 318 g/mol. The molecule has 0 fully saturated rings. The van der Waals surface area contributed by atoms with Crippen molar-refractivity contribution in [1.82, 2.24) is 4.90 Å². The van der Waals surface area contributed by atoms with Crippen LogP contribution in [0.1, 0.15) is 31.4 Å². The molecule has 25 heavy (non-hydrogen) atoms. The van der Waals surface area contributed by atoms with Crippen molar-refractivity contribution in [2.45, 2.75) is 39.3 Å². The van der Waals surface area contributed by atoms with Gasteiger partial charge in [0.15, 0.2) is 0 Å². The molecule has 0 aliphatic heterocycles. The van der Waals surface area contributed by atoms with Gasteiger partial charge in [-0.1, -0.05) is 30.3 Å². The van der Waals surface area contributed by atoms with Gasteiger partial charge < -0.3 is 10.6 Å². The zero-order valence-corrected chi connectivity index (χ0v) is 14.5. The Morgan fingerprint density at radius 2 is 1.80 bits per heavy atom. The van der Waals surface area contributed by atoms with Gasteiger partial charge in [-0.15, -0.1) is 0 Å². The average molecular weight is 341 g/mol. The van der Waals surface area contributed by atoms with Crippen LogP contribution in [0.15, 0.2) is 48.5 Å². The molecule has 0 aromatic heterocycles. The predicted molar refractivity (Wildman–Crippen MR) is 98.0 cm³/mol. The predicted octanol–water partition coefficient (Wildman–Crippen LogP) is 3.55. The fraction of sp³-hybridized carbons (Fsp3) is 0.316. The van der Waals surface area contributed by atoms with E-state index in [0.29, 0.717) is 25.1 Å². The molecule has 2 rings (SSSR count).